The van der Waals surface area contributed by atoms with Gasteiger partial charge < -0.3 is 4.90 Å². The SMILES string of the molecule is Clc1ccc2c(c1)C=CC(C#Cc1ccccc1)N2c1ccccc1. The highest BCUT2D eigenvalue weighted by molar-refractivity contribution is 6.30. The molecule has 0 N–H and O–H groups in total. The van der Waals surface area contributed by atoms with E-state index in [1.165, 1.54) is 0 Å². The van der Waals surface area contributed by atoms with Gasteiger partial charge in [0.2, 0.25) is 0 Å². The summed E-state index contributed by atoms with van der Waals surface area (Å²) in [5, 5.41) is 0.741. The highest BCUT2D eigenvalue weighted by Gasteiger charge is 2.22. The van der Waals surface area contributed by atoms with E-state index in [1.807, 2.05) is 60.7 Å². The lowest BCUT2D eigenvalue weighted by Gasteiger charge is -2.33. The van der Waals surface area contributed by atoms with Crippen LogP contribution in [0.1, 0.15) is 11.1 Å². The molecule has 4 rings (SSSR count). The topological polar surface area (TPSA) is 3.24 Å². The Bertz CT molecular complexity index is 965. The summed E-state index contributed by atoms with van der Waals surface area (Å²) < 4.78 is 0. The first kappa shape index (κ1) is 15.6. The molecule has 0 aromatic heterocycles. The third-order valence-electron chi connectivity index (χ3n) is 4.16. The maximum atomic E-state index is 6.17. The maximum absolute atomic E-state index is 6.17. The molecular weight excluding hydrogens is 326 g/mol. The first-order valence-corrected chi connectivity index (χ1v) is 8.58. The van der Waals surface area contributed by atoms with Crippen LogP contribution in [0.15, 0.2) is 84.9 Å². The van der Waals surface area contributed by atoms with Gasteiger partial charge in [0.15, 0.2) is 0 Å². The van der Waals surface area contributed by atoms with Crippen molar-refractivity contribution in [2.45, 2.75) is 6.04 Å². The van der Waals surface area contributed by atoms with Crippen LogP contribution in [0.25, 0.3) is 6.08 Å². The van der Waals surface area contributed by atoms with E-state index in [2.05, 4.69) is 47.1 Å². The molecule has 0 bridgehead atoms. The number of hydrogen-bond acceptors (Lipinski definition) is 1. The summed E-state index contributed by atoms with van der Waals surface area (Å²) in [7, 11) is 0. The third kappa shape index (κ3) is 3.31. The van der Waals surface area contributed by atoms with E-state index in [0.29, 0.717) is 0 Å². The highest BCUT2D eigenvalue weighted by atomic mass is 35.5. The van der Waals surface area contributed by atoms with Crippen molar-refractivity contribution < 1.29 is 0 Å². The summed E-state index contributed by atoms with van der Waals surface area (Å²) in [6.45, 7) is 0. The molecule has 0 saturated heterocycles. The number of rotatable bonds is 1. The molecule has 0 radical (unpaired) electrons. The van der Waals surface area contributed by atoms with Crippen molar-refractivity contribution in [3.05, 3.63) is 101 Å². The summed E-state index contributed by atoms with van der Waals surface area (Å²) in [4.78, 5) is 2.25. The first-order chi connectivity index (χ1) is 12.3. The largest absolute Gasteiger partial charge is 0.323 e. The molecule has 3 aromatic carbocycles. The van der Waals surface area contributed by atoms with Crippen LogP contribution >= 0.6 is 11.6 Å². The quantitative estimate of drug-likeness (QED) is 0.496. The van der Waals surface area contributed by atoms with Gasteiger partial charge in [-0.2, -0.15) is 0 Å². The van der Waals surface area contributed by atoms with Crippen LogP contribution in [-0.4, -0.2) is 6.04 Å². The van der Waals surface area contributed by atoms with Crippen molar-refractivity contribution in [2.75, 3.05) is 4.90 Å². The van der Waals surface area contributed by atoms with Crippen LogP contribution in [0.5, 0.6) is 0 Å². The highest BCUT2D eigenvalue weighted by Crippen LogP contribution is 2.36. The Labute approximate surface area is 153 Å². The molecule has 1 aliphatic rings. The number of fused-ring (bicyclic) bond motifs is 1. The fourth-order valence-corrected chi connectivity index (χ4v) is 3.17. The zero-order chi connectivity index (χ0) is 17.1. The Morgan fingerprint density at radius 1 is 0.840 bits per heavy atom. The van der Waals surface area contributed by atoms with Gasteiger partial charge in [0.05, 0.1) is 0 Å². The van der Waals surface area contributed by atoms with Gasteiger partial charge in [-0.3, -0.25) is 0 Å². The predicted octanol–water partition coefficient (Wildman–Crippen LogP) is 5.93. The Morgan fingerprint density at radius 2 is 1.56 bits per heavy atom. The van der Waals surface area contributed by atoms with Crippen LogP contribution in [0.4, 0.5) is 11.4 Å². The van der Waals surface area contributed by atoms with Crippen molar-refractivity contribution in [1.29, 1.82) is 0 Å². The number of para-hydroxylation sites is 1. The van der Waals surface area contributed by atoms with Crippen molar-refractivity contribution in [3.63, 3.8) is 0 Å². The lowest BCUT2D eigenvalue weighted by molar-refractivity contribution is 0.960. The lowest BCUT2D eigenvalue weighted by atomic mass is 10.0. The summed E-state index contributed by atoms with van der Waals surface area (Å²) >= 11 is 6.17. The molecule has 120 valence electrons. The second kappa shape index (κ2) is 6.89. The molecule has 0 amide bonds. The second-order valence-electron chi connectivity index (χ2n) is 5.85. The number of anilines is 2. The average molecular weight is 342 g/mol. The van der Waals surface area contributed by atoms with Crippen molar-refractivity contribution in [1.82, 2.24) is 0 Å². The van der Waals surface area contributed by atoms with E-state index < -0.39 is 0 Å². The molecule has 1 unspecified atom stereocenters. The van der Waals surface area contributed by atoms with Crippen molar-refractivity contribution in [2.24, 2.45) is 0 Å². The lowest BCUT2D eigenvalue weighted by Crippen LogP contribution is -2.30. The van der Waals surface area contributed by atoms with Gasteiger partial charge >= 0.3 is 0 Å². The standard InChI is InChI=1S/C23H16ClN/c24-20-13-16-23-19(17-20)12-15-22(14-11-18-7-3-1-4-8-18)25(23)21-9-5-2-6-10-21/h1-10,12-13,15-17,22H. The predicted molar refractivity (Wildman–Crippen MR) is 106 cm³/mol. The average Bonchev–Trinajstić information content (AvgIpc) is 2.67. The molecule has 1 aliphatic heterocycles. The number of nitrogens with zero attached hydrogens (tertiary/aromatic N) is 1. The molecule has 0 aliphatic carbocycles. The van der Waals surface area contributed by atoms with Gasteiger partial charge in [0.25, 0.3) is 0 Å². The molecule has 0 spiro atoms. The molecule has 3 aromatic rings. The number of benzene rings is 3. The van der Waals surface area contributed by atoms with Crippen LogP contribution in [-0.2, 0) is 0 Å². The fraction of sp³-hybridized carbons (Fsp3) is 0.0435. The molecular formula is C23H16ClN. The maximum Gasteiger partial charge on any atom is 0.114 e. The normalized spacial score (nSPS) is 15.2. The third-order valence-corrected chi connectivity index (χ3v) is 4.39. The molecule has 2 heteroatoms. The first-order valence-electron chi connectivity index (χ1n) is 8.20. The molecule has 1 nitrogen and oxygen atoms in total. The van der Waals surface area contributed by atoms with Crippen LogP contribution in [0.3, 0.4) is 0 Å². The minimum Gasteiger partial charge on any atom is -0.323 e. The Morgan fingerprint density at radius 3 is 2.32 bits per heavy atom. The summed E-state index contributed by atoms with van der Waals surface area (Å²) in [5.41, 5.74) is 4.35. The van der Waals surface area contributed by atoms with Gasteiger partial charge in [0, 0.05) is 22.0 Å². The van der Waals surface area contributed by atoms with Gasteiger partial charge in [-0.25, -0.2) is 0 Å². The van der Waals surface area contributed by atoms with E-state index in [0.717, 1.165) is 27.5 Å². The van der Waals surface area contributed by atoms with Crippen LogP contribution < -0.4 is 4.90 Å². The zero-order valence-electron chi connectivity index (χ0n) is 13.6. The molecule has 1 atom stereocenters. The van der Waals surface area contributed by atoms with Crippen molar-refractivity contribution in [3.8, 4) is 11.8 Å². The fourth-order valence-electron chi connectivity index (χ4n) is 2.99. The smallest absolute Gasteiger partial charge is 0.114 e. The Kier molecular flexibility index (Phi) is 4.29. The van der Waals surface area contributed by atoms with E-state index in [4.69, 9.17) is 11.6 Å². The van der Waals surface area contributed by atoms with Crippen LogP contribution in [0, 0.1) is 11.8 Å². The Balaban J connectivity index is 1.79. The van der Waals surface area contributed by atoms with E-state index in [-0.39, 0.29) is 6.04 Å². The van der Waals surface area contributed by atoms with Crippen LogP contribution in [0.2, 0.25) is 5.02 Å². The van der Waals surface area contributed by atoms with E-state index >= 15 is 0 Å². The summed E-state index contributed by atoms with van der Waals surface area (Å²) in [6.07, 6.45) is 4.23. The minimum atomic E-state index is -0.0312. The van der Waals surface area contributed by atoms with Gasteiger partial charge in [-0.15, -0.1) is 0 Å². The molecule has 0 saturated carbocycles. The van der Waals surface area contributed by atoms with Gasteiger partial charge in [-0.1, -0.05) is 65.9 Å². The minimum absolute atomic E-state index is 0.0312. The van der Waals surface area contributed by atoms with Crippen molar-refractivity contribution >= 4 is 29.1 Å². The number of halogens is 1. The second-order valence-corrected chi connectivity index (χ2v) is 6.28. The van der Waals surface area contributed by atoms with E-state index in [9.17, 15) is 0 Å². The Hall–Kier alpha value is -2.95. The summed E-state index contributed by atoms with van der Waals surface area (Å²) in [5.74, 6) is 6.69. The monoisotopic (exact) mass is 341 g/mol. The van der Waals surface area contributed by atoms with Gasteiger partial charge in [-0.05, 0) is 54.1 Å². The molecule has 0 fully saturated rings. The molecule has 25 heavy (non-hydrogen) atoms. The molecule has 1 heterocycles. The zero-order valence-corrected chi connectivity index (χ0v) is 14.3. The van der Waals surface area contributed by atoms with E-state index in [1.54, 1.807) is 0 Å². The summed E-state index contributed by atoms with van der Waals surface area (Å²) in [6, 6.07) is 26.3. The van der Waals surface area contributed by atoms with Gasteiger partial charge in [0.1, 0.15) is 6.04 Å². The number of hydrogen-bond donors (Lipinski definition) is 0.